The van der Waals surface area contributed by atoms with Crippen LogP contribution >= 0.6 is 0 Å². The van der Waals surface area contributed by atoms with Gasteiger partial charge < -0.3 is 9.64 Å². The van der Waals surface area contributed by atoms with Crippen LogP contribution in [-0.2, 0) is 6.42 Å². The lowest BCUT2D eigenvalue weighted by atomic mass is 10.00. The maximum atomic E-state index is 13.6. The molecule has 2 heterocycles. The minimum Gasteiger partial charge on any atom is -0.470 e. The van der Waals surface area contributed by atoms with Gasteiger partial charge in [-0.15, -0.1) is 0 Å². The number of hydrazine groups is 1. The standard InChI is InChI=1S/C24H25FN4O3/c1-15-10-20-21(32-22-8-5-9-28(22)23(20)30)13-19(15)24(31)29(27(2)3)18(14-26)12-16-6-4-7-17(25)11-16/h4,6-7,10-11,13,18,22H,5,8-9,12H2,1-3H3/t18-,22?/m0/s1. The Morgan fingerprint density at radius 1 is 1.34 bits per heavy atom. The first-order valence-electron chi connectivity index (χ1n) is 10.6. The molecule has 2 aliphatic rings. The SMILES string of the molecule is Cc1cc2c(cc1C(=O)N([C@H](C#N)Cc1cccc(F)c1)N(C)C)OC1CCCN1C2=O. The van der Waals surface area contributed by atoms with Crippen LogP contribution in [0, 0.1) is 24.1 Å². The van der Waals surface area contributed by atoms with E-state index in [4.69, 9.17) is 4.74 Å². The summed E-state index contributed by atoms with van der Waals surface area (Å²) in [5.74, 6) is -0.468. The van der Waals surface area contributed by atoms with E-state index >= 15 is 0 Å². The van der Waals surface area contributed by atoms with E-state index in [0.29, 0.717) is 34.5 Å². The zero-order chi connectivity index (χ0) is 23.0. The first-order chi connectivity index (χ1) is 15.3. The minimum atomic E-state index is -0.845. The van der Waals surface area contributed by atoms with Gasteiger partial charge in [0.15, 0.2) is 6.23 Å². The van der Waals surface area contributed by atoms with E-state index in [1.807, 2.05) is 0 Å². The number of nitriles is 1. The molecule has 2 aromatic carbocycles. The Balaban J connectivity index is 1.66. The molecule has 2 aliphatic heterocycles. The zero-order valence-corrected chi connectivity index (χ0v) is 18.3. The topological polar surface area (TPSA) is 76.9 Å². The predicted octanol–water partition coefficient (Wildman–Crippen LogP) is 3.14. The summed E-state index contributed by atoms with van der Waals surface area (Å²) < 4.78 is 19.6. The smallest absolute Gasteiger partial charge is 0.269 e. The molecule has 2 atom stereocenters. The van der Waals surface area contributed by atoms with Crippen molar-refractivity contribution in [3.05, 3.63) is 64.5 Å². The van der Waals surface area contributed by atoms with E-state index in [2.05, 4.69) is 6.07 Å². The van der Waals surface area contributed by atoms with Crippen molar-refractivity contribution in [1.29, 1.82) is 5.26 Å². The zero-order valence-electron chi connectivity index (χ0n) is 18.3. The van der Waals surface area contributed by atoms with Gasteiger partial charge in [0, 0.05) is 39.0 Å². The molecule has 4 rings (SSSR count). The summed E-state index contributed by atoms with van der Waals surface area (Å²) in [6, 6.07) is 10.6. The quantitative estimate of drug-likeness (QED) is 0.673. The van der Waals surface area contributed by atoms with Gasteiger partial charge in [-0.3, -0.25) is 14.6 Å². The van der Waals surface area contributed by atoms with Gasteiger partial charge in [0.25, 0.3) is 11.8 Å². The maximum Gasteiger partial charge on any atom is 0.269 e. The molecule has 1 fully saturated rings. The summed E-state index contributed by atoms with van der Waals surface area (Å²) >= 11 is 0. The van der Waals surface area contributed by atoms with Crippen molar-refractivity contribution in [2.45, 2.75) is 38.5 Å². The van der Waals surface area contributed by atoms with Crippen LogP contribution < -0.4 is 4.74 Å². The van der Waals surface area contributed by atoms with E-state index in [9.17, 15) is 19.2 Å². The van der Waals surface area contributed by atoms with Crippen LogP contribution in [0.4, 0.5) is 4.39 Å². The lowest BCUT2D eigenvalue weighted by Gasteiger charge is -2.35. The first-order valence-corrected chi connectivity index (χ1v) is 10.6. The highest BCUT2D eigenvalue weighted by Crippen LogP contribution is 2.35. The molecule has 0 radical (unpaired) electrons. The Hall–Kier alpha value is -3.44. The lowest BCUT2D eigenvalue weighted by molar-refractivity contribution is 0.00681. The third kappa shape index (κ3) is 3.92. The molecular weight excluding hydrogens is 411 g/mol. The largest absolute Gasteiger partial charge is 0.470 e. The molecule has 8 heteroatoms. The summed E-state index contributed by atoms with van der Waals surface area (Å²) in [7, 11) is 3.36. The molecule has 0 saturated carbocycles. The summed E-state index contributed by atoms with van der Waals surface area (Å²) in [5.41, 5.74) is 2.05. The predicted molar refractivity (Wildman–Crippen MR) is 115 cm³/mol. The van der Waals surface area contributed by atoms with E-state index in [1.54, 1.807) is 55.2 Å². The number of carbonyl (C=O) groups is 2. The molecule has 2 aromatic rings. The summed E-state index contributed by atoms with van der Waals surface area (Å²) in [6.07, 6.45) is 1.52. The number of rotatable bonds is 5. The number of halogens is 1. The Kier molecular flexibility index (Phi) is 5.85. The number of fused-ring (bicyclic) bond motifs is 2. The second kappa shape index (κ2) is 8.60. The number of aryl methyl sites for hydroxylation is 1. The molecule has 0 spiro atoms. The molecule has 0 aromatic heterocycles. The summed E-state index contributed by atoms with van der Waals surface area (Å²) in [5, 5.41) is 12.7. The fourth-order valence-corrected chi connectivity index (χ4v) is 4.37. The average molecular weight is 436 g/mol. The number of ether oxygens (including phenoxy) is 1. The van der Waals surface area contributed by atoms with Crippen molar-refractivity contribution in [2.75, 3.05) is 20.6 Å². The third-order valence-corrected chi connectivity index (χ3v) is 5.91. The third-order valence-electron chi connectivity index (χ3n) is 5.91. The molecule has 2 amide bonds. The van der Waals surface area contributed by atoms with Crippen molar-refractivity contribution in [2.24, 2.45) is 0 Å². The van der Waals surface area contributed by atoms with Crippen LogP contribution in [0.2, 0.25) is 0 Å². The van der Waals surface area contributed by atoms with Gasteiger partial charge >= 0.3 is 0 Å². The highest BCUT2D eigenvalue weighted by atomic mass is 19.1. The van der Waals surface area contributed by atoms with Crippen LogP contribution in [0.15, 0.2) is 36.4 Å². The van der Waals surface area contributed by atoms with Crippen molar-refractivity contribution in [3.8, 4) is 11.8 Å². The number of carbonyl (C=O) groups excluding carboxylic acids is 2. The molecule has 1 unspecified atom stereocenters. The summed E-state index contributed by atoms with van der Waals surface area (Å²) in [6.45, 7) is 2.43. The monoisotopic (exact) mass is 436 g/mol. The Bertz CT molecular complexity index is 1110. The molecule has 166 valence electrons. The highest BCUT2D eigenvalue weighted by molar-refractivity contribution is 6.02. The van der Waals surface area contributed by atoms with Crippen molar-refractivity contribution in [1.82, 2.24) is 14.9 Å². The molecule has 32 heavy (non-hydrogen) atoms. The van der Waals surface area contributed by atoms with Gasteiger partial charge in [-0.25, -0.2) is 9.40 Å². The fraction of sp³-hybridized carbons (Fsp3) is 0.375. The van der Waals surface area contributed by atoms with Crippen molar-refractivity contribution < 1.29 is 18.7 Å². The molecule has 0 N–H and O–H groups in total. The maximum absolute atomic E-state index is 13.6. The van der Waals surface area contributed by atoms with Crippen molar-refractivity contribution in [3.63, 3.8) is 0 Å². The van der Waals surface area contributed by atoms with Gasteiger partial charge in [0.1, 0.15) is 17.6 Å². The molecule has 0 aliphatic carbocycles. The fourth-order valence-electron chi connectivity index (χ4n) is 4.37. The number of benzene rings is 2. The van der Waals surface area contributed by atoms with E-state index in [1.165, 1.54) is 17.1 Å². The number of hydrogen-bond acceptors (Lipinski definition) is 5. The second-order valence-electron chi connectivity index (χ2n) is 8.35. The lowest BCUT2D eigenvalue weighted by Crippen LogP contribution is -2.49. The van der Waals surface area contributed by atoms with Crippen LogP contribution in [0.5, 0.6) is 5.75 Å². The van der Waals surface area contributed by atoms with E-state index < -0.39 is 11.9 Å². The Morgan fingerprint density at radius 3 is 2.81 bits per heavy atom. The molecular formula is C24H25FN4O3. The molecule has 1 saturated heterocycles. The van der Waals surface area contributed by atoms with Crippen LogP contribution in [0.25, 0.3) is 0 Å². The van der Waals surface area contributed by atoms with Gasteiger partial charge in [-0.2, -0.15) is 5.26 Å². The molecule has 0 bridgehead atoms. The second-order valence-corrected chi connectivity index (χ2v) is 8.35. The van der Waals surface area contributed by atoms with Crippen LogP contribution in [0.1, 0.15) is 44.7 Å². The molecule has 7 nitrogen and oxygen atoms in total. The van der Waals surface area contributed by atoms with Gasteiger partial charge in [-0.05, 0) is 48.7 Å². The van der Waals surface area contributed by atoms with Gasteiger partial charge in [0.05, 0.1) is 11.6 Å². The average Bonchev–Trinajstić information content (AvgIpc) is 3.22. The Morgan fingerprint density at radius 2 is 2.12 bits per heavy atom. The van der Waals surface area contributed by atoms with Gasteiger partial charge in [-0.1, -0.05) is 12.1 Å². The minimum absolute atomic E-state index is 0.0821. The van der Waals surface area contributed by atoms with E-state index in [0.717, 1.165) is 12.8 Å². The van der Waals surface area contributed by atoms with Crippen LogP contribution in [0.3, 0.4) is 0 Å². The number of hydrogen-bond donors (Lipinski definition) is 0. The van der Waals surface area contributed by atoms with E-state index in [-0.39, 0.29) is 24.5 Å². The highest BCUT2D eigenvalue weighted by Gasteiger charge is 2.38. The number of amides is 2. The van der Waals surface area contributed by atoms with Crippen LogP contribution in [-0.4, -0.2) is 59.6 Å². The summed E-state index contributed by atoms with van der Waals surface area (Å²) in [4.78, 5) is 28.1. The van der Waals surface area contributed by atoms with Gasteiger partial charge in [0.2, 0.25) is 0 Å². The normalized spacial score (nSPS) is 17.9. The first kappa shape index (κ1) is 21.8. The van der Waals surface area contributed by atoms with Crippen molar-refractivity contribution >= 4 is 11.8 Å². The Labute approximate surface area is 186 Å². The number of nitrogens with zero attached hydrogens (tertiary/aromatic N) is 4.